The molecule has 4 rings (SSSR count). The van der Waals surface area contributed by atoms with Crippen molar-refractivity contribution in [3.05, 3.63) is 72.7 Å². The van der Waals surface area contributed by atoms with E-state index in [0.717, 1.165) is 48.4 Å². The summed E-state index contributed by atoms with van der Waals surface area (Å²) in [5, 5.41) is 17.1. The standard InChI is InChI=1S/C23H24N6/c24-12-6-15-29-17-20(23(27-29)19-8-2-1-3-9-19)16-25-13-7-14-28-18-26-21-10-4-5-11-22(21)28/h1-5,8-11,17-18,25H,6-7,13-16H2. The van der Waals surface area contributed by atoms with Crippen LogP contribution in [0.15, 0.2) is 67.1 Å². The summed E-state index contributed by atoms with van der Waals surface area (Å²) in [5.74, 6) is 0. The van der Waals surface area contributed by atoms with E-state index in [1.54, 1.807) is 0 Å². The Kier molecular flexibility index (Phi) is 5.98. The largest absolute Gasteiger partial charge is 0.331 e. The lowest BCUT2D eigenvalue weighted by molar-refractivity contribution is 0.587. The number of fused-ring (bicyclic) bond motifs is 1. The molecule has 1 N–H and O–H groups in total. The summed E-state index contributed by atoms with van der Waals surface area (Å²) in [6.07, 6.45) is 5.44. The van der Waals surface area contributed by atoms with E-state index in [9.17, 15) is 0 Å². The van der Waals surface area contributed by atoms with E-state index < -0.39 is 0 Å². The van der Waals surface area contributed by atoms with E-state index >= 15 is 0 Å². The second-order valence-electron chi connectivity index (χ2n) is 7.00. The first kappa shape index (κ1) is 18.9. The van der Waals surface area contributed by atoms with E-state index in [0.29, 0.717) is 13.0 Å². The molecule has 0 aliphatic carbocycles. The Balaban J connectivity index is 1.36. The summed E-state index contributed by atoms with van der Waals surface area (Å²) in [4.78, 5) is 4.45. The van der Waals surface area contributed by atoms with Crippen molar-refractivity contribution in [1.29, 1.82) is 5.26 Å². The summed E-state index contributed by atoms with van der Waals surface area (Å²) in [5.41, 5.74) is 5.46. The highest BCUT2D eigenvalue weighted by Gasteiger charge is 2.11. The molecule has 2 aromatic heterocycles. The van der Waals surface area contributed by atoms with Gasteiger partial charge in [0.15, 0.2) is 0 Å². The van der Waals surface area contributed by atoms with Crippen molar-refractivity contribution >= 4 is 11.0 Å². The molecule has 6 heteroatoms. The van der Waals surface area contributed by atoms with Crippen molar-refractivity contribution in [2.75, 3.05) is 6.54 Å². The van der Waals surface area contributed by atoms with Crippen molar-refractivity contribution in [2.24, 2.45) is 0 Å². The van der Waals surface area contributed by atoms with Crippen LogP contribution in [0, 0.1) is 11.3 Å². The molecule has 0 fully saturated rings. The van der Waals surface area contributed by atoms with Crippen molar-refractivity contribution in [1.82, 2.24) is 24.6 Å². The summed E-state index contributed by atoms with van der Waals surface area (Å²) < 4.78 is 4.08. The van der Waals surface area contributed by atoms with Crippen molar-refractivity contribution < 1.29 is 0 Å². The number of hydrogen-bond donors (Lipinski definition) is 1. The van der Waals surface area contributed by atoms with E-state index in [1.807, 2.05) is 47.4 Å². The quantitative estimate of drug-likeness (QED) is 0.443. The monoisotopic (exact) mass is 384 g/mol. The molecular weight excluding hydrogens is 360 g/mol. The van der Waals surface area contributed by atoms with Crippen LogP contribution in [0.2, 0.25) is 0 Å². The van der Waals surface area contributed by atoms with Crippen LogP contribution in [-0.4, -0.2) is 25.9 Å². The predicted octanol–water partition coefficient (Wildman–Crippen LogP) is 3.99. The molecule has 0 atom stereocenters. The zero-order valence-corrected chi connectivity index (χ0v) is 16.3. The van der Waals surface area contributed by atoms with Gasteiger partial charge >= 0.3 is 0 Å². The van der Waals surface area contributed by atoms with Gasteiger partial charge < -0.3 is 9.88 Å². The minimum absolute atomic E-state index is 0.460. The Morgan fingerprint density at radius 3 is 2.69 bits per heavy atom. The highest BCUT2D eigenvalue weighted by atomic mass is 15.3. The number of nitriles is 1. The molecule has 0 radical (unpaired) electrons. The summed E-state index contributed by atoms with van der Waals surface area (Å²) in [6, 6.07) is 20.6. The Labute approximate surface area is 170 Å². The van der Waals surface area contributed by atoms with E-state index in [1.165, 1.54) is 5.52 Å². The molecule has 2 aromatic carbocycles. The lowest BCUT2D eigenvalue weighted by Gasteiger charge is -2.07. The van der Waals surface area contributed by atoms with Crippen LogP contribution in [0.1, 0.15) is 18.4 Å². The molecule has 0 aliphatic rings. The fourth-order valence-corrected chi connectivity index (χ4v) is 3.50. The van der Waals surface area contributed by atoms with Crippen molar-refractivity contribution in [2.45, 2.75) is 32.5 Å². The smallest absolute Gasteiger partial charge is 0.0968 e. The first-order chi connectivity index (χ1) is 14.3. The lowest BCUT2D eigenvalue weighted by atomic mass is 10.1. The zero-order valence-electron chi connectivity index (χ0n) is 16.3. The average molecular weight is 384 g/mol. The van der Waals surface area contributed by atoms with E-state index in [2.05, 4.69) is 45.3 Å². The Bertz CT molecular complexity index is 1100. The van der Waals surface area contributed by atoms with Crippen LogP contribution in [0.3, 0.4) is 0 Å². The second-order valence-corrected chi connectivity index (χ2v) is 7.00. The van der Waals surface area contributed by atoms with Crippen LogP contribution in [0.4, 0.5) is 0 Å². The number of aromatic nitrogens is 4. The summed E-state index contributed by atoms with van der Waals surface area (Å²) in [7, 11) is 0. The number of para-hydroxylation sites is 2. The molecule has 0 saturated carbocycles. The fourth-order valence-electron chi connectivity index (χ4n) is 3.50. The lowest BCUT2D eigenvalue weighted by Crippen LogP contribution is -2.16. The zero-order chi connectivity index (χ0) is 19.9. The Morgan fingerprint density at radius 1 is 1.00 bits per heavy atom. The maximum atomic E-state index is 8.86. The minimum atomic E-state index is 0.460. The van der Waals surface area contributed by atoms with Gasteiger partial charge in [-0.3, -0.25) is 4.68 Å². The molecule has 0 aliphatic heterocycles. The number of imidazole rings is 1. The second kappa shape index (κ2) is 9.18. The van der Waals surface area contributed by atoms with Gasteiger partial charge in [-0.25, -0.2) is 4.98 Å². The van der Waals surface area contributed by atoms with Crippen LogP contribution in [0.5, 0.6) is 0 Å². The van der Waals surface area contributed by atoms with Crippen LogP contribution in [-0.2, 0) is 19.6 Å². The third kappa shape index (κ3) is 4.53. The van der Waals surface area contributed by atoms with Gasteiger partial charge in [-0.05, 0) is 25.1 Å². The average Bonchev–Trinajstić information content (AvgIpc) is 3.37. The Hall–Kier alpha value is -3.43. The van der Waals surface area contributed by atoms with Gasteiger partial charge in [0, 0.05) is 30.4 Å². The number of nitrogens with one attached hydrogen (secondary N) is 1. The molecule has 29 heavy (non-hydrogen) atoms. The molecule has 6 nitrogen and oxygen atoms in total. The number of aryl methyl sites for hydroxylation is 2. The van der Waals surface area contributed by atoms with Crippen molar-refractivity contribution in [3.8, 4) is 17.3 Å². The van der Waals surface area contributed by atoms with Crippen LogP contribution < -0.4 is 5.32 Å². The third-order valence-corrected chi connectivity index (χ3v) is 4.93. The minimum Gasteiger partial charge on any atom is -0.331 e. The van der Waals surface area contributed by atoms with Gasteiger partial charge in [0.1, 0.15) is 0 Å². The van der Waals surface area contributed by atoms with Crippen LogP contribution in [0.25, 0.3) is 22.3 Å². The molecule has 146 valence electrons. The maximum Gasteiger partial charge on any atom is 0.0968 e. The van der Waals surface area contributed by atoms with Gasteiger partial charge in [0.05, 0.1) is 42.1 Å². The van der Waals surface area contributed by atoms with Gasteiger partial charge in [0.2, 0.25) is 0 Å². The number of rotatable bonds is 9. The van der Waals surface area contributed by atoms with Gasteiger partial charge in [-0.15, -0.1) is 0 Å². The van der Waals surface area contributed by atoms with Gasteiger partial charge in [0.25, 0.3) is 0 Å². The maximum absolute atomic E-state index is 8.86. The highest BCUT2D eigenvalue weighted by Crippen LogP contribution is 2.22. The third-order valence-electron chi connectivity index (χ3n) is 4.93. The topological polar surface area (TPSA) is 71.5 Å². The number of hydrogen-bond acceptors (Lipinski definition) is 4. The summed E-state index contributed by atoms with van der Waals surface area (Å²) >= 11 is 0. The first-order valence-corrected chi connectivity index (χ1v) is 9.94. The Morgan fingerprint density at radius 2 is 1.83 bits per heavy atom. The number of benzene rings is 2. The van der Waals surface area contributed by atoms with Gasteiger partial charge in [-0.2, -0.15) is 10.4 Å². The molecule has 0 amide bonds. The number of nitrogens with zero attached hydrogens (tertiary/aromatic N) is 5. The molecule has 0 spiro atoms. The molecule has 0 bridgehead atoms. The van der Waals surface area contributed by atoms with Crippen molar-refractivity contribution in [3.63, 3.8) is 0 Å². The predicted molar refractivity (Wildman–Crippen MR) is 114 cm³/mol. The van der Waals surface area contributed by atoms with Crippen LogP contribution >= 0.6 is 0 Å². The molecule has 4 aromatic rings. The normalized spacial score (nSPS) is 11.0. The SMILES string of the molecule is N#CCCn1cc(CNCCCn2cnc3ccccc32)c(-c2ccccc2)n1. The summed E-state index contributed by atoms with van der Waals surface area (Å²) in [6.45, 7) is 3.20. The van der Waals surface area contributed by atoms with E-state index in [4.69, 9.17) is 10.4 Å². The first-order valence-electron chi connectivity index (χ1n) is 9.94. The fraction of sp³-hybridized carbons (Fsp3) is 0.261. The van der Waals surface area contributed by atoms with Gasteiger partial charge in [-0.1, -0.05) is 42.5 Å². The highest BCUT2D eigenvalue weighted by molar-refractivity contribution is 5.74. The molecule has 2 heterocycles. The van der Waals surface area contributed by atoms with E-state index in [-0.39, 0.29) is 0 Å². The molecule has 0 unspecified atom stereocenters. The molecule has 0 saturated heterocycles. The molecular formula is C23H24N6.